The maximum Gasteiger partial charge on any atom is 0.220 e. The zero-order chi connectivity index (χ0) is 16.4. The standard InChI is InChI=1S/C17H23ClFN3O/c1-21-8-9-22(11-13-2-3-14(19)10-15(13)18)12-17(21)5-4-16(23)20-7-6-17/h2-3,10H,4-9,11-12H2,1H3,(H,20,23)/t17-/m1/s1. The molecule has 1 aromatic carbocycles. The van der Waals surface area contributed by atoms with Gasteiger partial charge in [0.25, 0.3) is 0 Å². The molecule has 0 bridgehead atoms. The largest absolute Gasteiger partial charge is 0.356 e. The van der Waals surface area contributed by atoms with E-state index in [1.807, 2.05) is 0 Å². The number of carbonyl (C=O) groups is 1. The van der Waals surface area contributed by atoms with Gasteiger partial charge in [-0.05, 0) is 37.6 Å². The smallest absolute Gasteiger partial charge is 0.220 e. The summed E-state index contributed by atoms with van der Waals surface area (Å²) in [4.78, 5) is 16.4. The normalized spacial score (nSPS) is 27.0. The van der Waals surface area contributed by atoms with Crippen molar-refractivity contribution in [3.05, 3.63) is 34.6 Å². The van der Waals surface area contributed by atoms with Gasteiger partial charge >= 0.3 is 0 Å². The monoisotopic (exact) mass is 339 g/mol. The van der Waals surface area contributed by atoms with Crippen LogP contribution >= 0.6 is 11.6 Å². The lowest BCUT2D eigenvalue weighted by Gasteiger charge is -2.49. The van der Waals surface area contributed by atoms with E-state index >= 15 is 0 Å². The van der Waals surface area contributed by atoms with Crippen LogP contribution in [0, 0.1) is 5.82 Å². The molecule has 2 heterocycles. The first-order valence-corrected chi connectivity index (χ1v) is 8.51. The zero-order valence-electron chi connectivity index (χ0n) is 13.4. The van der Waals surface area contributed by atoms with E-state index in [9.17, 15) is 9.18 Å². The van der Waals surface area contributed by atoms with Crippen molar-refractivity contribution >= 4 is 17.5 Å². The van der Waals surface area contributed by atoms with E-state index in [0.717, 1.165) is 51.1 Å². The van der Waals surface area contributed by atoms with Gasteiger partial charge in [-0.1, -0.05) is 17.7 Å². The van der Waals surface area contributed by atoms with E-state index in [4.69, 9.17) is 11.6 Å². The fraction of sp³-hybridized carbons (Fsp3) is 0.588. The number of nitrogens with one attached hydrogen (secondary N) is 1. The van der Waals surface area contributed by atoms with Crippen LogP contribution in [0.5, 0.6) is 0 Å². The van der Waals surface area contributed by atoms with Crippen molar-refractivity contribution in [3.8, 4) is 0 Å². The van der Waals surface area contributed by atoms with Crippen LogP contribution in [0.1, 0.15) is 24.8 Å². The molecule has 6 heteroatoms. The molecule has 1 amide bonds. The number of nitrogens with zero attached hydrogens (tertiary/aromatic N) is 2. The SMILES string of the molecule is CN1CCN(Cc2ccc(F)cc2Cl)C[C@@]12CCNC(=O)CC2. The van der Waals surface area contributed by atoms with Crippen LogP contribution < -0.4 is 5.32 Å². The summed E-state index contributed by atoms with van der Waals surface area (Å²) in [5, 5.41) is 3.45. The number of piperazine rings is 1. The lowest BCUT2D eigenvalue weighted by atomic mass is 9.86. The van der Waals surface area contributed by atoms with Crippen molar-refractivity contribution in [2.24, 2.45) is 0 Å². The second-order valence-corrected chi connectivity index (χ2v) is 7.10. The van der Waals surface area contributed by atoms with E-state index in [1.165, 1.54) is 12.1 Å². The van der Waals surface area contributed by atoms with Gasteiger partial charge in [0, 0.05) is 49.7 Å². The number of likely N-dealkylation sites (N-methyl/N-ethyl adjacent to an activating group) is 1. The summed E-state index contributed by atoms with van der Waals surface area (Å²) in [6, 6.07) is 4.60. The second kappa shape index (κ2) is 6.75. The molecule has 1 aromatic rings. The minimum Gasteiger partial charge on any atom is -0.356 e. The van der Waals surface area contributed by atoms with E-state index in [-0.39, 0.29) is 17.3 Å². The van der Waals surface area contributed by atoms with Gasteiger partial charge in [0.15, 0.2) is 0 Å². The molecule has 2 aliphatic heterocycles. The minimum absolute atomic E-state index is 0.0317. The second-order valence-electron chi connectivity index (χ2n) is 6.69. The molecule has 0 radical (unpaired) electrons. The molecule has 3 rings (SSSR count). The Morgan fingerprint density at radius 1 is 1.35 bits per heavy atom. The third-order valence-corrected chi connectivity index (χ3v) is 5.57. The third kappa shape index (κ3) is 3.67. The third-order valence-electron chi connectivity index (χ3n) is 5.22. The first-order chi connectivity index (χ1) is 11.0. The quantitative estimate of drug-likeness (QED) is 0.897. The average molecular weight is 340 g/mol. The van der Waals surface area contributed by atoms with Crippen molar-refractivity contribution in [2.75, 3.05) is 33.2 Å². The highest BCUT2D eigenvalue weighted by Crippen LogP contribution is 2.31. The number of amides is 1. The van der Waals surface area contributed by atoms with Gasteiger partial charge < -0.3 is 5.32 Å². The fourth-order valence-electron chi connectivity index (χ4n) is 3.70. The Labute approximate surface area is 141 Å². The molecule has 0 aliphatic carbocycles. The first kappa shape index (κ1) is 16.7. The van der Waals surface area contributed by atoms with E-state index in [2.05, 4.69) is 22.2 Å². The fourth-order valence-corrected chi connectivity index (χ4v) is 3.93. The van der Waals surface area contributed by atoms with E-state index in [0.29, 0.717) is 11.4 Å². The molecule has 4 nitrogen and oxygen atoms in total. The summed E-state index contributed by atoms with van der Waals surface area (Å²) in [7, 11) is 2.15. The molecule has 0 saturated carbocycles. The maximum absolute atomic E-state index is 13.2. The Kier molecular flexibility index (Phi) is 4.90. The van der Waals surface area contributed by atoms with Gasteiger partial charge in [0.1, 0.15) is 5.82 Å². The van der Waals surface area contributed by atoms with Gasteiger partial charge in [-0.2, -0.15) is 0 Å². The Balaban J connectivity index is 1.73. The molecule has 0 unspecified atom stereocenters. The molecule has 2 fully saturated rings. The predicted octanol–water partition coefficient (Wildman–Crippen LogP) is 2.27. The molecular weight excluding hydrogens is 317 g/mol. The Hall–Kier alpha value is -1.17. The summed E-state index contributed by atoms with van der Waals surface area (Å²) in [5.74, 6) is -0.157. The van der Waals surface area contributed by atoms with Gasteiger partial charge in [-0.3, -0.25) is 14.6 Å². The maximum atomic E-state index is 13.2. The van der Waals surface area contributed by atoms with Crippen molar-refractivity contribution in [2.45, 2.75) is 31.3 Å². The number of benzene rings is 1. The number of hydrogen-bond acceptors (Lipinski definition) is 3. The number of rotatable bonds is 2. The Bertz CT molecular complexity index is 597. The highest BCUT2D eigenvalue weighted by Gasteiger charge is 2.40. The van der Waals surface area contributed by atoms with Crippen LogP contribution in [0.15, 0.2) is 18.2 Å². The van der Waals surface area contributed by atoms with Crippen LogP contribution in [0.4, 0.5) is 4.39 Å². The summed E-state index contributed by atoms with van der Waals surface area (Å²) >= 11 is 6.17. The highest BCUT2D eigenvalue weighted by molar-refractivity contribution is 6.31. The average Bonchev–Trinajstić information content (AvgIpc) is 2.69. The molecule has 0 aromatic heterocycles. The van der Waals surface area contributed by atoms with Crippen molar-refractivity contribution in [1.29, 1.82) is 0 Å². The van der Waals surface area contributed by atoms with Crippen molar-refractivity contribution in [3.63, 3.8) is 0 Å². The molecule has 2 saturated heterocycles. The lowest BCUT2D eigenvalue weighted by molar-refractivity contribution is -0.121. The molecule has 126 valence electrons. The van der Waals surface area contributed by atoms with Gasteiger partial charge in [-0.15, -0.1) is 0 Å². The lowest BCUT2D eigenvalue weighted by Crippen LogP contribution is -2.60. The van der Waals surface area contributed by atoms with Crippen LogP contribution in [0.3, 0.4) is 0 Å². The summed E-state index contributed by atoms with van der Waals surface area (Å²) in [6.45, 7) is 4.27. The van der Waals surface area contributed by atoms with Gasteiger partial charge in [0.05, 0.1) is 0 Å². The molecule has 2 aliphatic rings. The van der Waals surface area contributed by atoms with Crippen LogP contribution in [0.2, 0.25) is 5.02 Å². The molecule has 23 heavy (non-hydrogen) atoms. The van der Waals surface area contributed by atoms with E-state index < -0.39 is 0 Å². The number of halogens is 2. The van der Waals surface area contributed by atoms with Gasteiger partial charge in [0.2, 0.25) is 5.91 Å². The van der Waals surface area contributed by atoms with Crippen molar-refractivity contribution in [1.82, 2.24) is 15.1 Å². The van der Waals surface area contributed by atoms with Crippen LogP contribution in [-0.4, -0.2) is 54.5 Å². The zero-order valence-corrected chi connectivity index (χ0v) is 14.2. The molecule has 1 N–H and O–H groups in total. The number of carbonyl (C=O) groups excluding carboxylic acids is 1. The van der Waals surface area contributed by atoms with Gasteiger partial charge in [-0.25, -0.2) is 4.39 Å². The topological polar surface area (TPSA) is 35.6 Å². The molecule has 1 atom stereocenters. The van der Waals surface area contributed by atoms with Crippen LogP contribution in [0.25, 0.3) is 0 Å². The minimum atomic E-state index is -0.304. The van der Waals surface area contributed by atoms with Crippen LogP contribution in [-0.2, 0) is 11.3 Å². The molecular formula is C17H23ClFN3O. The predicted molar refractivity (Wildman–Crippen MR) is 88.9 cm³/mol. The summed E-state index contributed by atoms with van der Waals surface area (Å²) in [6.07, 6.45) is 2.42. The Morgan fingerprint density at radius 2 is 2.17 bits per heavy atom. The first-order valence-electron chi connectivity index (χ1n) is 8.13. The van der Waals surface area contributed by atoms with Crippen molar-refractivity contribution < 1.29 is 9.18 Å². The molecule has 1 spiro atoms. The van der Waals surface area contributed by atoms with E-state index in [1.54, 1.807) is 6.07 Å². The number of hydrogen-bond donors (Lipinski definition) is 1. The highest BCUT2D eigenvalue weighted by atomic mass is 35.5. The summed E-state index contributed by atoms with van der Waals surface area (Å²) in [5.41, 5.74) is 0.986. The Morgan fingerprint density at radius 3 is 2.96 bits per heavy atom. The summed E-state index contributed by atoms with van der Waals surface area (Å²) < 4.78 is 13.2.